The Morgan fingerprint density at radius 3 is 2.95 bits per heavy atom. The van der Waals surface area contributed by atoms with Gasteiger partial charge in [0.25, 0.3) is 0 Å². The Hall–Kier alpha value is -0.0900. The molecule has 1 aromatic rings. The molecule has 0 aromatic heterocycles. The van der Waals surface area contributed by atoms with Gasteiger partial charge in [0.05, 0.1) is 15.6 Å². The summed E-state index contributed by atoms with van der Waals surface area (Å²) in [5, 5.41) is 4.77. The maximum atomic E-state index is 6.05. The lowest BCUT2D eigenvalue weighted by Gasteiger charge is -2.38. The molecule has 5 heteroatoms. The summed E-state index contributed by atoms with van der Waals surface area (Å²) in [6.45, 7) is 0.847. The van der Waals surface area contributed by atoms with Crippen LogP contribution < -0.4 is 5.32 Å². The third kappa shape index (κ3) is 3.15. The van der Waals surface area contributed by atoms with Gasteiger partial charge in [-0.15, -0.1) is 0 Å². The normalized spacial score (nSPS) is 30.7. The van der Waals surface area contributed by atoms with Crippen LogP contribution in [-0.4, -0.2) is 29.8 Å². The fourth-order valence-corrected chi connectivity index (χ4v) is 4.51. The van der Waals surface area contributed by atoms with Gasteiger partial charge in [-0.1, -0.05) is 23.2 Å². The zero-order valence-corrected chi connectivity index (χ0v) is 13.0. The predicted molar refractivity (Wildman–Crippen MR) is 83.7 cm³/mol. The van der Waals surface area contributed by atoms with E-state index in [1.54, 1.807) is 0 Å². The summed E-state index contributed by atoms with van der Waals surface area (Å²) in [7, 11) is 0. The standard InChI is InChI=1S/C14H17Cl2NOS/c15-12-2-1-10(7-13(12)16)17-11-3-5-18-14(8-11)4-6-19-9-14/h1-2,7,11,17H,3-6,8-9H2. The van der Waals surface area contributed by atoms with Gasteiger partial charge >= 0.3 is 0 Å². The van der Waals surface area contributed by atoms with Crippen LogP contribution in [0.2, 0.25) is 10.0 Å². The van der Waals surface area contributed by atoms with E-state index in [4.69, 9.17) is 27.9 Å². The molecule has 2 unspecified atom stereocenters. The molecule has 2 aliphatic rings. The number of rotatable bonds is 2. The molecule has 2 nitrogen and oxygen atoms in total. The highest BCUT2D eigenvalue weighted by molar-refractivity contribution is 7.99. The Kier molecular flexibility index (Phi) is 4.18. The first-order valence-corrected chi connectivity index (χ1v) is 8.51. The number of hydrogen-bond acceptors (Lipinski definition) is 3. The molecule has 2 saturated heterocycles. The van der Waals surface area contributed by atoms with Crippen molar-refractivity contribution in [1.82, 2.24) is 0 Å². The highest BCUT2D eigenvalue weighted by Crippen LogP contribution is 2.39. The fourth-order valence-electron chi connectivity index (χ4n) is 2.84. The molecule has 3 rings (SSSR count). The van der Waals surface area contributed by atoms with E-state index in [1.807, 2.05) is 30.0 Å². The third-order valence-electron chi connectivity index (χ3n) is 3.85. The minimum absolute atomic E-state index is 0.108. The van der Waals surface area contributed by atoms with Crippen molar-refractivity contribution in [3.63, 3.8) is 0 Å². The molecule has 1 aromatic carbocycles. The number of hydrogen-bond donors (Lipinski definition) is 1. The minimum atomic E-state index is 0.108. The Labute approximate surface area is 128 Å². The number of nitrogens with one attached hydrogen (secondary N) is 1. The van der Waals surface area contributed by atoms with Crippen molar-refractivity contribution in [2.24, 2.45) is 0 Å². The highest BCUT2D eigenvalue weighted by atomic mass is 35.5. The summed E-state index contributed by atoms with van der Waals surface area (Å²) in [6, 6.07) is 6.19. The van der Waals surface area contributed by atoms with Gasteiger partial charge in [0.2, 0.25) is 0 Å². The van der Waals surface area contributed by atoms with Crippen LogP contribution in [0.5, 0.6) is 0 Å². The van der Waals surface area contributed by atoms with Crippen LogP contribution in [0.25, 0.3) is 0 Å². The van der Waals surface area contributed by atoms with E-state index in [9.17, 15) is 0 Å². The van der Waals surface area contributed by atoms with E-state index in [0.717, 1.165) is 30.9 Å². The van der Waals surface area contributed by atoms with E-state index in [0.29, 0.717) is 16.1 Å². The van der Waals surface area contributed by atoms with Crippen LogP contribution in [0, 0.1) is 0 Å². The molecule has 0 bridgehead atoms. The van der Waals surface area contributed by atoms with E-state index >= 15 is 0 Å². The van der Waals surface area contributed by atoms with Gasteiger partial charge in [0, 0.05) is 24.1 Å². The smallest absolute Gasteiger partial charge is 0.0799 e. The number of benzene rings is 1. The molecule has 2 atom stereocenters. The summed E-state index contributed by atoms with van der Waals surface area (Å²) in [6.07, 6.45) is 3.31. The summed E-state index contributed by atoms with van der Waals surface area (Å²) in [5.74, 6) is 2.35. The van der Waals surface area contributed by atoms with E-state index in [-0.39, 0.29) is 5.60 Å². The van der Waals surface area contributed by atoms with Crippen molar-refractivity contribution in [2.75, 3.05) is 23.4 Å². The monoisotopic (exact) mass is 317 g/mol. The molecule has 2 aliphatic heterocycles. The third-order valence-corrected chi connectivity index (χ3v) is 5.81. The van der Waals surface area contributed by atoms with Crippen LogP contribution >= 0.6 is 35.0 Å². The van der Waals surface area contributed by atoms with Crippen molar-refractivity contribution in [1.29, 1.82) is 0 Å². The number of ether oxygens (including phenoxy) is 1. The number of halogens is 2. The fraction of sp³-hybridized carbons (Fsp3) is 0.571. The first kappa shape index (κ1) is 13.9. The molecule has 19 heavy (non-hydrogen) atoms. The Balaban J connectivity index is 1.67. The van der Waals surface area contributed by atoms with Gasteiger partial charge in [-0.2, -0.15) is 11.8 Å². The van der Waals surface area contributed by atoms with Crippen LogP contribution in [0.15, 0.2) is 18.2 Å². The molecule has 1 spiro atoms. The summed E-state index contributed by atoms with van der Waals surface area (Å²) in [4.78, 5) is 0. The van der Waals surface area contributed by atoms with E-state index in [1.165, 1.54) is 12.2 Å². The topological polar surface area (TPSA) is 21.3 Å². The summed E-state index contributed by atoms with van der Waals surface area (Å²) >= 11 is 14.0. The molecule has 2 heterocycles. The van der Waals surface area contributed by atoms with E-state index in [2.05, 4.69) is 5.32 Å². The van der Waals surface area contributed by atoms with Gasteiger partial charge in [-0.3, -0.25) is 0 Å². The lowest BCUT2D eigenvalue weighted by Crippen LogP contribution is -2.44. The Morgan fingerprint density at radius 2 is 2.21 bits per heavy atom. The molecule has 2 fully saturated rings. The SMILES string of the molecule is Clc1ccc(NC2CCOC3(CCSC3)C2)cc1Cl. The van der Waals surface area contributed by atoms with E-state index < -0.39 is 0 Å². The van der Waals surface area contributed by atoms with Gasteiger partial charge in [0.15, 0.2) is 0 Å². The quantitative estimate of drug-likeness (QED) is 0.870. The second-order valence-electron chi connectivity index (χ2n) is 5.30. The highest BCUT2D eigenvalue weighted by Gasteiger charge is 2.40. The maximum absolute atomic E-state index is 6.05. The van der Waals surface area contributed by atoms with Crippen molar-refractivity contribution >= 4 is 40.7 Å². The van der Waals surface area contributed by atoms with Gasteiger partial charge in [0.1, 0.15) is 0 Å². The molecule has 104 valence electrons. The number of thioether (sulfide) groups is 1. The van der Waals surface area contributed by atoms with Crippen LogP contribution in [0.1, 0.15) is 19.3 Å². The summed E-state index contributed by atoms with van der Waals surface area (Å²) in [5.41, 5.74) is 1.15. The largest absolute Gasteiger partial charge is 0.382 e. The van der Waals surface area contributed by atoms with Crippen LogP contribution in [0.4, 0.5) is 5.69 Å². The Morgan fingerprint density at radius 1 is 1.32 bits per heavy atom. The zero-order chi connectivity index (χ0) is 13.3. The average molecular weight is 318 g/mol. The number of anilines is 1. The molecule has 0 aliphatic carbocycles. The molecular weight excluding hydrogens is 301 g/mol. The molecule has 1 N–H and O–H groups in total. The minimum Gasteiger partial charge on any atom is -0.382 e. The van der Waals surface area contributed by atoms with Crippen molar-refractivity contribution < 1.29 is 4.74 Å². The van der Waals surface area contributed by atoms with Crippen LogP contribution in [0.3, 0.4) is 0 Å². The second-order valence-corrected chi connectivity index (χ2v) is 7.22. The maximum Gasteiger partial charge on any atom is 0.0799 e. The van der Waals surface area contributed by atoms with Gasteiger partial charge in [-0.05, 0) is 43.2 Å². The second kappa shape index (κ2) is 5.72. The van der Waals surface area contributed by atoms with Crippen LogP contribution in [-0.2, 0) is 4.74 Å². The van der Waals surface area contributed by atoms with Crippen molar-refractivity contribution in [3.05, 3.63) is 28.2 Å². The zero-order valence-electron chi connectivity index (χ0n) is 10.6. The van der Waals surface area contributed by atoms with Gasteiger partial charge in [-0.25, -0.2) is 0 Å². The Bertz CT molecular complexity index is 463. The lowest BCUT2D eigenvalue weighted by molar-refractivity contribution is -0.0628. The first-order valence-electron chi connectivity index (χ1n) is 6.60. The molecular formula is C14H17Cl2NOS. The molecule has 0 saturated carbocycles. The van der Waals surface area contributed by atoms with Crippen molar-refractivity contribution in [3.8, 4) is 0 Å². The predicted octanol–water partition coefficient (Wildman–Crippen LogP) is 4.46. The average Bonchev–Trinajstić information content (AvgIpc) is 2.82. The lowest BCUT2D eigenvalue weighted by atomic mass is 9.90. The summed E-state index contributed by atoms with van der Waals surface area (Å²) < 4.78 is 6.03. The molecule has 0 radical (unpaired) electrons. The van der Waals surface area contributed by atoms with Gasteiger partial charge < -0.3 is 10.1 Å². The first-order chi connectivity index (χ1) is 9.17. The molecule has 0 amide bonds. The van der Waals surface area contributed by atoms with Crippen molar-refractivity contribution in [2.45, 2.75) is 30.9 Å².